The van der Waals surface area contributed by atoms with Gasteiger partial charge >= 0.3 is 0 Å². The Labute approximate surface area is 178 Å². The molecule has 1 saturated carbocycles. The van der Waals surface area contributed by atoms with Crippen LogP contribution in [0.4, 0.5) is 0 Å². The summed E-state index contributed by atoms with van der Waals surface area (Å²) >= 11 is 6.10. The summed E-state index contributed by atoms with van der Waals surface area (Å²) in [6.07, 6.45) is 6.69. The van der Waals surface area contributed by atoms with Gasteiger partial charge < -0.3 is 14.5 Å². The number of ether oxygens (including phenoxy) is 1. The second kappa shape index (κ2) is 8.27. The van der Waals surface area contributed by atoms with E-state index in [2.05, 4.69) is 0 Å². The van der Waals surface area contributed by atoms with Crippen LogP contribution in [0.25, 0.3) is 0 Å². The molecule has 1 aromatic rings. The van der Waals surface area contributed by atoms with Gasteiger partial charge in [0.1, 0.15) is 0 Å². The molecule has 3 fully saturated rings. The van der Waals surface area contributed by atoms with E-state index >= 15 is 0 Å². The molecule has 2 amide bonds. The molecule has 5 nitrogen and oxygen atoms in total. The molecular formula is C23H31ClN2O3. The quantitative estimate of drug-likeness (QED) is 0.733. The number of benzene rings is 1. The predicted octanol–water partition coefficient (Wildman–Crippen LogP) is 3.64. The number of carbonyl (C=O) groups excluding carboxylic acids is 2. The van der Waals surface area contributed by atoms with Crippen LogP contribution in [0.3, 0.4) is 0 Å². The highest BCUT2D eigenvalue weighted by Crippen LogP contribution is 2.46. The first-order valence-corrected chi connectivity index (χ1v) is 11.2. The molecule has 0 aromatic heterocycles. The minimum Gasteiger partial charge on any atom is -0.383 e. The molecule has 2 saturated heterocycles. The molecule has 0 radical (unpaired) electrons. The van der Waals surface area contributed by atoms with Crippen LogP contribution >= 0.6 is 11.6 Å². The van der Waals surface area contributed by atoms with Crippen molar-refractivity contribution in [2.45, 2.75) is 50.4 Å². The number of rotatable bonds is 5. The Bertz CT molecular complexity index is 760. The normalized spacial score (nSPS) is 26.5. The number of methoxy groups -OCH3 is 1. The lowest BCUT2D eigenvalue weighted by atomic mass is 9.68. The number of amides is 2. The van der Waals surface area contributed by atoms with Gasteiger partial charge in [0.05, 0.1) is 17.4 Å². The number of hydrogen-bond acceptors (Lipinski definition) is 3. The van der Waals surface area contributed by atoms with Crippen molar-refractivity contribution in [2.24, 2.45) is 5.41 Å². The van der Waals surface area contributed by atoms with Crippen molar-refractivity contribution in [3.63, 3.8) is 0 Å². The third kappa shape index (κ3) is 3.68. The first kappa shape index (κ1) is 20.7. The monoisotopic (exact) mass is 418 g/mol. The molecule has 1 aliphatic carbocycles. The van der Waals surface area contributed by atoms with E-state index in [0.29, 0.717) is 31.3 Å². The van der Waals surface area contributed by atoms with E-state index in [9.17, 15) is 9.59 Å². The van der Waals surface area contributed by atoms with Gasteiger partial charge in [0.2, 0.25) is 11.8 Å². The molecule has 0 bridgehead atoms. The summed E-state index contributed by atoms with van der Waals surface area (Å²) in [5.41, 5.74) is 0.220. The largest absolute Gasteiger partial charge is 0.383 e. The zero-order chi connectivity index (χ0) is 20.5. The lowest BCUT2D eigenvalue weighted by Gasteiger charge is -2.39. The van der Waals surface area contributed by atoms with Gasteiger partial charge in [-0.2, -0.15) is 0 Å². The Morgan fingerprint density at radius 1 is 1.07 bits per heavy atom. The Kier molecular flexibility index (Phi) is 5.90. The molecule has 1 aromatic carbocycles. The van der Waals surface area contributed by atoms with Gasteiger partial charge in [0.25, 0.3) is 0 Å². The smallest absolute Gasteiger partial charge is 0.233 e. The molecule has 4 rings (SSSR count). The van der Waals surface area contributed by atoms with Crippen molar-refractivity contribution in [1.82, 2.24) is 9.80 Å². The third-order valence-corrected chi connectivity index (χ3v) is 7.57. The fourth-order valence-corrected chi connectivity index (χ4v) is 5.71. The fourth-order valence-electron chi connectivity index (χ4n) is 5.59. The number of likely N-dealkylation sites (tertiary alicyclic amines) is 2. The lowest BCUT2D eigenvalue weighted by Crippen LogP contribution is -2.48. The van der Waals surface area contributed by atoms with E-state index in [1.165, 1.54) is 6.42 Å². The van der Waals surface area contributed by atoms with Crippen LogP contribution < -0.4 is 0 Å². The van der Waals surface area contributed by atoms with Crippen molar-refractivity contribution in [2.75, 3.05) is 39.9 Å². The van der Waals surface area contributed by atoms with Crippen LogP contribution in [-0.2, 0) is 19.7 Å². The van der Waals surface area contributed by atoms with Crippen LogP contribution in [0.15, 0.2) is 24.3 Å². The highest BCUT2D eigenvalue weighted by atomic mass is 35.5. The minimum atomic E-state index is -0.467. The van der Waals surface area contributed by atoms with Crippen LogP contribution in [-0.4, -0.2) is 61.5 Å². The summed E-state index contributed by atoms with van der Waals surface area (Å²) in [6.45, 7) is 3.21. The molecule has 2 aliphatic heterocycles. The zero-order valence-corrected chi connectivity index (χ0v) is 18.0. The second-order valence-corrected chi connectivity index (χ2v) is 9.38. The summed E-state index contributed by atoms with van der Waals surface area (Å²) in [5, 5.41) is 0.694. The van der Waals surface area contributed by atoms with E-state index < -0.39 is 5.41 Å². The predicted molar refractivity (Wildman–Crippen MR) is 113 cm³/mol. The van der Waals surface area contributed by atoms with E-state index in [-0.39, 0.29) is 17.2 Å². The molecule has 158 valence electrons. The van der Waals surface area contributed by atoms with Crippen LogP contribution in [0, 0.1) is 5.41 Å². The standard InChI is InChI=1S/C23H31ClN2O3/c1-29-16-15-25-13-11-22(20(25)27)12-14-26(17-22)21(28)23(9-3-2-4-10-23)18-5-7-19(24)8-6-18/h5-8H,2-4,9-17H2,1H3. The van der Waals surface area contributed by atoms with Gasteiger partial charge in [-0.05, 0) is 43.4 Å². The van der Waals surface area contributed by atoms with Gasteiger partial charge in [0.15, 0.2) is 0 Å². The summed E-state index contributed by atoms with van der Waals surface area (Å²) in [6, 6.07) is 7.82. The van der Waals surface area contributed by atoms with Crippen molar-refractivity contribution in [1.29, 1.82) is 0 Å². The first-order chi connectivity index (χ1) is 14.0. The minimum absolute atomic E-state index is 0.203. The molecule has 29 heavy (non-hydrogen) atoms. The van der Waals surface area contributed by atoms with E-state index in [1.807, 2.05) is 34.1 Å². The Balaban J connectivity index is 1.54. The zero-order valence-electron chi connectivity index (χ0n) is 17.3. The van der Waals surface area contributed by atoms with Gasteiger partial charge in [0, 0.05) is 38.3 Å². The molecule has 1 unspecified atom stereocenters. The second-order valence-electron chi connectivity index (χ2n) is 8.94. The summed E-state index contributed by atoms with van der Waals surface area (Å²) < 4.78 is 5.14. The molecular weight excluding hydrogens is 388 g/mol. The average Bonchev–Trinajstić information content (AvgIpc) is 3.32. The number of carbonyl (C=O) groups is 2. The number of hydrogen-bond donors (Lipinski definition) is 0. The highest BCUT2D eigenvalue weighted by molar-refractivity contribution is 6.30. The molecule has 2 heterocycles. The van der Waals surface area contributed by atoms with Crippen molar-refractivity contribution < 1.29 is 14.3 Å². The Morgan fingerprint density at radius 2 is 1.76 bits per heavy atom. The molecule has 3 aliphatic rings. The molecule has 1 spiro atoms. The Morgan fingerprint density at radius 3 is 2.45 bits per heavy atom. The summed E-state index contributed by atoms with van der Waals surface area (Å²) in [4.78, 5) is 30.8. The van der Waals surface area contributed by atoms with Crippen LogP contribution in [0.5, 0.6) is 0 Å². The first-order valence-electron chi connectivity index (χ1n) is 10.8. The SMILES string of the molecule is COCCN1CCC2(CCN(C(=O)C3(c4ccc(Cl)cc4)CCCCC3)C2)C1=O. The highest BCUT2D eigenvalue weighted by Gasteiger charge is 2.54. The fraction of sp³-hybridized carbons (Fsp3) is 0.652. The van der Waals surface area contributed by atoms with Gasteiger partial charge in [-0.15, -0.1) is 0 Å². The van der Waals surface area contributed by atoms with Gasteiger partial charge in [-0.25, -0.2) is 0 Å². The van der Waals surface area contributed by atoms with Crippen LogP contribution in [0.2, 0.25) is 5.02 Å². The van der Waals surface area contributed by atoms with E-state index in [0.717, 1.165) is 50.6 Å². The maximum absolute atomic E-state index is 13.9. The Hall–Kier alpha value is -1.59. The van der Waals surface area contributed by atoms with Crippen molar-refractivity contribution >= 4 is 23.4 Å². The summed E-state index contributed by atoms with van der Waals surface area (Å²) in [7, 11) is 1.66. The number of halogens is 1. The van der Waals surface area contributed by atoms with Gasteiger partial charge in [-0.3, -0.25) is 9.59 Å². The molecule has 1 atom stereocenters. The van der Waals surface area contributed by atoms with E-state index in [4.69, 9.17) is 16.3 Å². The van der Waals surface area contributed by atoms with E-state index in [1.54, 1.807) is 7.11 Å². The molecule has 6 heteroatoms. The van der Waals surface area contributed by atoms with Gasteiger partial charge in [-0.1, -0.05) is 43.0 Å². The topological polar surface area (TPSA) is 49.9 Å². The lowest BCUT2D eigenvalue weighted by molar-refractivity contribution is -0.140. The van der Waals surface area contributed by atoms with Crippen LogP contribution in [0.1, 0.15) is 50.5 Å². The maximum Gasteiger partial charge on any atom is 0.233 e. The summed E-state index contributed by atoms with van der Waals surface area (Å²) in [5.74, 6) is 0.411. The molecule has 0 N–H and O–H groups in total. The number of nitrogens with zero attached hydrogens (tertiary/aromatic N) is 2. The third-order valence-electron chi connectivity index (χ3n) is 7.32. The van der Waals surface area contributed by atoms with Crippen molar-refractivity contribution in [3.8, 4) is 0 Å². The average molecular weight is 419 g/mol. The van der Waals surface area contributed by atoms with Crippen molar-refractivity contribution in [3.05, 3.63) is 34.9 Å². The maximum atomic E-state index is 13.9.